The van der Waals surface area contributed by atoms with E-state index in [-0.39, 0.29) is 10.6 Å². The predicted octanol–water partition coefficient (Wildman–Crippen LogP) is 6.13. The minimum atomic E-state index is -4.07. The Balaban J connectivity index is 1.85. The number of hydrogen-bond acceptors (Lipinski definition) is 3. The van der Waals surface area contributed by atoms with Gasteiger partial charge in [0.15, 0.2) is 5.60 Å². The van der Waals surface area contributed by atoms with Crippen LogP contribution in [0, 0.1) is 6.92 Å². The van der Waals surface area contributed by atoms with Crippen LogP contribution in [0.15, 0.2) is 114 Å². The lowest BCUT2D eigenvalue weighted by molar-refractivity contribution is 0.128. The zero-order valence-electron chi connectivity index (χ0n) is 18.4. The van der Waals surface area contributed by atoms with Crippen LogP contribution in [-0.2, 0) is 15.6 Å². The number of aliphatic hydroxyl groups is 1. The Hall–Kier alpha value is -3.38. The van der Waals surface area contributed by atoms with Crippen molar-refractivity contribution in [2.24, 2.45) is 0 Å². The average Bonchev–Trinajstić information content (AvgIpc) is 3.09. The van der Waals surface area contributed by atoms with Crippen molar-refractivity contribution in [1.29, 1.82) is 0 Å². The van der Waals surface area contributed by atoms with E-state index >= 15 is 0 Å². The molecular weight excluding hydrogens is 466 g/mol. The van der Waals surface area contributed by atoms with Crippen LogP contribution in [0.5, 0.6) is 0 Å². The molecule has 0 spiro atoms. The Bertz CT molecular complexity index is 1480. The Labute approximate surface area is 204 Å². The molecule has 1 heterocycles. The second-order valence-electron chi connectivity index (χ2n) is 8.26. The van der Waals surface area contributed by atoms with E-state index in [0.717, 1.165) is 11.1 Å². The van der Waals surface area contributed by atoms with Gasteiger partial charge < -0.3 is 5.11 Å². The van der Waals surface area contributed by atoms with Crippen LogP contribution in [0.4, 0.5) is 5.69 Å². The summed E-state index contributed by atoms with van der Waals surface area (Å²) in [6, 6.07) is 30.0. The first-order valence-corrected chi connectivity index (χ1v) is 12.6. The van der Waals surface area contributed by atoms with Crippen LogP contribution < -0.4 is 4.31 Å². The summed E-state index contributed by atoms with van der Waals surface area (Å²) >= 11 is 6.34. The van der Waals surface area contributed by atoms with Crippen LogP contribution in [0.1, 0.15) is 22.3 Å². The summed E-state index contributed by atoms with van der Waals surface area (Å²) in [5, 5.41) is 12.8. The molecule has 0 saturated heterocycles. The van der Waals surface area contributed by atoms with E-state index in [1.807, 2.05) is 55.5 Å². The highest BCUT2D eigenvalue weighted by molar-refractivity contribution is 7.93. The van der Waals surface area contributed by atoms with Crippen molar-refractivity contribution in [3.05, 3.63) is 136 Å². The Morgan fingerprint density at radius 3 is 2.12 bits per heavy atom. The smallest absolute Gasteiger partial charge is 0.268 e. The molecule has 1 atom stereocenters. The molecule has 4 aromatic rings. The van der Waals surface area contributed by atoms with Crippen LogP contribution in [-0.4, -0.2) is 13.5 Å². The molecule has 0 radical (unpaired) electrons. The van der Waals surface area contributed by atoms with E-state index in [1.165, 1.54) is 4.31 Å². The van der Waals surface area contributed by atoms with E-state index < -0.39 is 15.6 Å². The van der Waals surface area contributed by atoms with Crippen molar-refractivity contribution in [2.75, 3.05) is 4.31 Å². The molecule has 34 heavy (non-hydrogen) atoms. The lowest BCUT2D eigenvalue weighted by Gasteiger charge is -2.29. The lowest BCUT2D eigenvalue weighted by atomic mass is 9.85. The summed E-state index contributed by atoms with van der Waals surface area (Å²) in [4.78, 5) is 0.135. The normalized spacial score (nSPS) is 18.8. The molecule has 0 fully saturated rings. The van der Waals surface area contributed by atoms with Gasteiger partial charge in [0.05, 0.1) is 16.3 Å². The molecule has 4 aromatic carbocycles. The predicted molar refractivity (Wildman–Crippen MR) is 136 cm³/mol. The van der Waals surface area contributed by atoms with E-state index in [4.69, 9.17) is 11.6 Å². The fourth-order valence-electron chi connectivity index (χ4n) is 4.32. The van der Waals surface area contributed by atoms with Gasteiger partial charge in [0, 0.05) is 10.6 Å². The molecule has 5 rings (SSSR count). The highest BCUT2D eigenvalue weighted by atomic mass is 35.5. The van der Waals surface area contributed by atoms with E-state index in [1.54, 1.807) is 60.7 Å². The number of halogens is 1. The molecule has 4 nitrogen and oxygen atoms in total. The summed E-state index contributed by atoms with van der Waals surface area (Å²) in [5.41, 5.74) is 1.49. The number of fused-ring (bicyclic) bond motifs is 1. The number of nitrogens with zero attached hydrogens (tertiary/aromatic N) is 1. The van der Waals surface area contributed by atoms with E-state index in [0.29, 0.717) is 21.8 Å². The summed E-state index contributed by atoms with van der Waals surface area (Å²) in [6.45, 7) is 1.90. The molecule has 0 amide bonds. The molecule has 0 aromatic heterocycles. The van der Waals surface area contributed by atoms with Crippen molar-refractivity contribution < 1.29 is 13.5 Å². The second-order valence-corrected chi connectivity index (χ2v) is 10.5. The Morgan fingerprint density at radius 1 is 0.853 bits per heavy atom. The third-order valence-corrected chi connectivity index (χ3v) is 7.99. The molecule has 1 N–H and O–H groups in total. The summed E-state index contributed by atoms with van der Waals surface area (Å²) in [5.74, 6) is 0. The Morgan fingerprint density at radius 2 is 1.47 bits per heavy atom. The van der Waals surface area contributed by atoms with Gasteiger partial charge in [0.1, 0.15) is 0 Å². The van der Waals surface area contributed by atoms with Gasteiger partial charge in [-0.05, 0) is 54.5 Å². The minimum Gasteiger partial charge on any atom is -0.374 e. The van der Waals surface area contributed by atoms with Crippen LogP contribution >= 0.6 is 11.6 Å². The van der Waals surface area contributed by atoms with Gasteiger partial charge in [-0.3, -0.25) is 0 Å². The maximum atomic E-state index is 14.1. The maximum Gasteiger partial charge on any atom is 0.268 e. The van der Waals surface area contributed by atoms with Crippen molar-refractivity contribution in [2.45, 2.75) is 17.4 Å². The highest BCUT2D eigenvalue weighted by Gasteiger charge is 2.51. The molecular formula is C28H22ClNO3S. The second kappa shape index (κ2) is 8.44. The van der Waals surface area contributed by atoms with Gasteiger partial charge in [-0.15, -0.1) is 0 Å². The fraction of sp³-hybridized carbons (Fsp3) is 0.0714. The zero-order valence-corrected chi connectivity index (χ0v) is 20.0. The molecule has 0 bridgehead atoms. The first-order chi connectivity index (χ1) is 16.3. The molecule has 6 heteroatoms. The number of benzene rings is 4. The van der Waals surface area contributed by atoms with Crippen LogP contribution in [0.3, 0.4) is 0 Å². The first-order valence-electron chi connectivity index (χ1n) is 10.8. The average molecular weight is 488 g/mol. The van der Waals surface area contributed by atoms with E-state index in [2.05, 4.69) is 0 Å². The monoisotopic (exact) mass is 487 g/mol. The Kier molecular flexibility index (Phi) is 5.56. The molecule has 0 saturated carbocycles. The molecule has 0 aliphatic carbocycles. The van der Waals surface area contributed by atoms with Gasteiger partial charge in [-0.2, -0.15) is 0 Å². The third kappa shape index (κ3) is 3.62. The lowest BCUT2D eigenvalue weighted by Crippen LogP contribution is -2.35. The number of anilines is 1. The largest absolute Gasteiger partial charge is 0.374 e. The molecule has 1 unspecified atom stereocenters. The van der Waals surface area contributed by atoms with Crippen molar-refractivity contribution in [3.63, 3.8) is 0 Å². The fourth-order valence-corrected chi connectivity index (χ4v) is 6.04. The zero-order chi connectivity index (χ0) is 23.9. The van der Waals surface area contributed by atoms with Gasteiger partial charge >= 0.3 is 0 Å². The minimum absolute atomic E-state index is 0.135. The SMILES string of the molecule is Cc1ccc(S(=O)(=O)N2/C(=C\c3ccccc3)C(O)(c3ccccc3)c3cc(Cl)ccc32)cc1. The van der Waals surface area contributed by atoms with Gasteiger partial charge in [0.2, 0.25) is 0 Å². The van der Waals surface area contributed by atoms with Gasteiger partial charge in [0.25, 0.3) is 10.0 Å². The van der Waals surface area contributed by atoms with Gasteiger partial charge in [-0.1, -0.05) is 90.0 Å². The number of rotatable bonds is 4. The molecule has 170 valence electrons. The summed E-state index contributed by atoms with van der Waals surface area (Å²) < 4.78 is 29.3. The number of hydrogen-bond donors (Lipinski definition) is 1. The molecule has 1 aliphatic heterocycles. The summed E-state index contributed by atoms with van der Waals surface area (Å²) in [6.07, 6.45) is 1.71. The van der Waals surface area contributed by atoms with Crippen LogP contribution in [0.25, 0.3) is 6.08 Å². The third-order valence-electron chi connectivity index (χ3n) is 6.01. The highest BCUT2D eigenvalue weighted by Crippen LogP contribution is 2.53. The van der Waals surface area contributed by atoms with Crippen LogP contribution in [0.2, 0.25) is 5.02 Å². The first kappa shape index (κ1) is 22.4. The quantitative estimate of drug-likeness (QED) is 0.376. The standard InChI is InChI=1S/C28H22ClNO3S/c1-20-12-15-24(16-13-20)34(32,33)30-26-17-14-23(29)19-25(26)28(31,22-10-6-3-7-11-22)27(30)18-21-8-4-2-5-9-21/h2-19,31H,1H3/b27-18-. The maximum absolute atomic E-state index is 14.1. The topological polar surface area (TPSA) is 57.6 Å². The number of sulfonamides is 1. The van der Waals surface area contributed by atoms with Gasteiger partial charge in [-0.25, -0.2) is 12.7 Å². The summed E-state index contributed by atoms with van der Waals surface area (Å²) in [7, 11) is -4.07. The molecule has 1 aliphatic rings. The van der Waals surface area contributed by atoms with Crippen molar-refractivity contribution in [3.8, 4) is 0 Å². The van der Waals surface area contributed by atoms with Crippen molar-refractivity contribution in [1.82, 2.24) is 0 Å². The number of aryl methyl sites for hydroxylation is 1. The van der Waals surface area contributed by atoms with E-state index in [9.17, 15) is 13.5 Å². The van der Waals surface area contributed by atoms with Crippen molar-refractivity contribution >= 4 is 33.4 Å².